The van der Waals surface area contributed by atoms with E-state index < -0.39 is 17.4 Å². The van der Waals surface area contributed by atoms with E-state index in [-0.39, 0.29) is 22.2 Å². The minimum Gasteiger partial charge on any atom is -0.444 e. The molecule has 1 aliphatic heterocycles. The lowest BCUT2D eigenvalue weighted by Crippen LogP contribution is -2.50. The fourth-order valence-corrected chi connectivity index (χ4v) is 4.94. The van der Waals surface area contributed by atoms with Gasteiger partial charge in [-0.25, -0.2) is 9.18 Å². The molecular formula is C18H26FNO4S2. The van der Waals surface area contributed by atoms with Crippen LogP contribution in [0.25, 0.3) is 0 Å². The number of carbonyl (C=O) groups excluding carboxylic acids is 2. The Hall–Kier alpha value is -1.12. The van der Waals surface area contributed by atoms with Crippen LogP contribution >= 0.6 is 23.1 Å². The van der Waals surface area contributed by atoms with Crippen molar-refractivity contribution in [3.63, 3.8) is 0 Å². The zero-order valence-corrected chi connectivity index (χ0v) is 17.6. The second kappa shape index (κ2) is 7.86. The quantitative estimate of drug-likeness (QED) is 0.710. The molecule has 2 heterocycles. The first-order chi connectivity index (χ1) is 11.9. The van der Waals surface area contributed by atoms with Crippen LogP contribution in [0.5, 0.6) is 0 Å². The molecule has 1 aromatic heterocycles. The molecule has 1 aliphatic rings. The molecule has 26 heavy (non-hydrogen) atoms. The van der Waals surface area contributed by atoms with E-state index in [4.69, 9.17) is 9.47 Å². The van der Waals surface area contributed by atoms with Gasteiger partial charge in [-0.1, -0.05) is 11.8 Å². The zero-order chi connectivity index (χ0) is 19.7. The highest BCUT2D eigenvalue weighted by atomic mass is 32.2. The summed E-state index contributed by atoms with van der Waals surface area (Å²) in [4.78, 5) is 26.5. The van der Waals surface area contributed by atoms with Crippen molar-refractivity contribution in [2.24, 2.45) is 0 Å². The Balaban J connectivity index is 2.24. The maximum atomic E-state index is 14.1. The van der Waals surface area contributed by atoms with E-state index in [1.807, 2.05) is 0 Å². The largest absolute Gasteiger partial charge is 0.444 e. The summed E-state index contributed by atoms with van der Waals surface area (Å²) in [6.45, 7) is 10.8. The summed E-state index contributed by atoms with van der Waals surface area (Å²) in [7, 11) is 0. The maximum absolute atomic E-state index is 14.1. The summed E-state index contributed by atoms with van der Waals surface area (Å²) >= 11 is 2.36. The molecule has 8 heteroatoms. The van der Waals surface area contributed by atoms with Gasteiger partial charge >= 0.3 is 6.09 Å². The number of carbonyl (C=O) groups is 2. The van der Waals surface area contributed by atoms with Crippen LogP contribution in [0.1, 0.15) is 58.1 Å². The third-order valence-corrected chi connectivity index (χ3v) is 6.10. The van der Waals surface area contributed by atoms with Gasteiger partial charge in [0.1, 0.15) is 17.1 Å². The molecule has 0 saturated carbocycles. The number of thiophene rings is 1. The lowest BCUT2D eigenvalue weighted by atomic mass is 10.1. The van der Waals surface area contributed by atoms with E-state index in [0.717, 1.165) is 11.8 Å². The molecular weight excluding hydrogens is 377 g/mol. The molecule has 2 atom stereocenters. The van der Waals surface area contributed by atoms with Gasteiger partial charge in [-0.05, 0) is 52.5 Å². The van der Waals surface area contributed by atoms with Crippen molar-refractivity contribution in [1.29, 1.82) is 0 Å². The third kappa shape index (κ3) is 5.20. The van der Waals surface area contributed by atoms with Crippen LogP contribution in [0.15, 0.2) is 11.4 Å². The zero-order valence-electron chi connectivity index (χ0n) is 16.0. The van der Waals surface area contributed by atoms with Crippen molar-refractivity contribution in [1.82, 2.24) is 4.90 Å². The van der Waals surface area contributed by atoms with Crippen molar-refractivity contribution >= 4 is 34.3 Å². The number of hydrogen-bond donors (Lipinski definition) is 0. The number of thioether (sulfide) groups is 1. The van der Waals surface area contributed by atoms with E-state index in [9.17, 15) is 14.0 Å². The van der Waals surface area contributed by atoms with Crippen molar-refractivity contribution in [2.45, 2.75) is 70.6 Å². The van der Waals surface area contributed by atoms with Crippen LogP contribution in [0.3, 0.4) is 0 Å². The average molecular weight is 404 g/mol. The van der Waals surface area contributed by atoms with Gasteiger partial charge in [-0.15, -0.1) is 11.3 Å². The summed E-state index contributed by atoms with van der Waals surface area (Å²) in [5, 5.41) is 1.20. The molecule has 1 fully saturated rings. The molecule has 0 radical (unpaired) electrons. The normalized spacial score (nSPS) is 20.9. The number of ether oxygens (including phenoxy) is 2. The van der Waals surface area contributed by atoms with Gasteiger partial charge in [0.15, 0.2) is 5.12 Å². The Bertz CT molecular complexity index is 668. The highest BCUT2D eigenvalue weighted by Crippen LogP contribution is 2.42. The first kappa shape index (κ1) is 21.2. The smallest absolute Gasteiger partial charge is 0.412 e. The molecule has 1 saturated heterocycles. The Labute approximate surface area is 162 Å². The van der Waals surface area contributed by atoms with Gasteiger partial charge in [0, 0.05) is 6.92 Å². The molecule has 146 valence electrons. The van der Waals surface area contributed by atoms with Gasteiger partial charge < -0.3 is 9.47 Å². The van der Waals surface area contributed by atoms with Crippen LogP contribution in [-0.2, 0) is 14.3 Å². The Morgan fingerprint density at radius 3 is 2.65 bits per heavy atom. The van der Waals surface area contributed by atoms with Crippen LogP contribution in [0.2, 0.25) is 0 Å². The lowest BCUT2D eigenvalue weighted by Gasteiger charge is -2.35. The fraction of sp³-hybridized carbons (Fsp3) is 0.667. The highest BCUT2D eigenvalue weighted by Gasteiger charge is 2.46. The minimum absolute atomic E-state index is 0.0928. The Morgan fingerprint density at radius 1 is 1.50 bits per heavy atom. The molecule has 0 aromatic carbocycles. The number of amides is 1. The Kier molecular flexibility index (Phi) is 6.40. The van der Waals surface area contributed by atoms with Crippen molar-refractivity contribution in [2.75, 3.05) is 6.61 Å². The second-order valence-electron chi connectivity index (χ2n) is 7.73. The van der Waals surface area contributed by atoms with Gasteiger partial charge in [0.05, 0.1) is 22.8 Å². The molecule has 2 rings (SSSR count). The maximum Gasteiger partial charge on any atom is 0.412 e. The van der Waals surface area contributed by atoms with E-state index in [1.54, 1.807) is 44.9 Å². The molecule has 0 unspecified atom stereocenters. The van der Waals surface area contributed by atoms with Crippen molar-refractivity contribution in [3.05, 3.63) is 22.1 Å². The summed E-state index contributed by atoms with van der Waals surface area (Å²) in [5.41, 5.74) is -1.46. The van der Waals surface area contributed by atoms with Crippen LogP contribution in [0.4, 0.5) is 9.18 Å². The molecule has 5 nitrogen and oxygen atoms in total. The fourth-order valence-electron chi connectivity index (χ4n) is 2.93. The van der Waals surface area contributed by atoms with Crippen LogP contribution in [-0.4, -0.2) is 40.1 Å². The van der Waals surface area contributed by atoms with Crippen LogP contribution in [0, 0.1) is 5.82 Å². The first-order valence-corrected chi connectivity index (χ1v) is 10.2. The SMILES string of the molecule is CC(=O)S[C@H](C[C@H]1COC(C)(C)N1C(=O)OC(C)(C)C)c1sccc1F. The van der Waals surface area contributed by atoms with Crippen molar-refractivity contribution < 1.29 is 23.5 Å². The monoisotopic (exact) mass is 403 g/mol. The number of nitrogens with zero attached hydrogens (tertiary/aromatic N) is 1. The highest BCUT2D eigenvalue weighted by molar-refractivity contribution is 8.13. The lowest BCUT2D eigenvalue weighted by molar-refractivity contribution is -0.109. The number of hydrogen-bond acceptors (Lipinski definition) is 6. The van der Waals surface area contributed by atoms with E-state index in [0.29, 0.717) is 17.9 Å². The predicted octanol–water partition coefficient (Wildman–Crippen LogP) is 4.97. The standard InChI is InChI=1S/C18H26FNO4S2/c1-11(21)26-14(15-13(19)7-8-25-15)9-12-10-23-18(5,6)20(12)16(22)24-17(2,3)4/h7-8,12,14H,9-10H2,1-6H3/t12-,14+/m0/s1. The molecule has 1 amide bonds. The number of halogens is 1. The van der Waals surface area contributed by atoms with Crippen molar-refractivity contribution in [3.8, 4) is 0 Å². The molecule has 0 N–H and O–H groups in total. The molecule has 0 bridgehead atoms. The second-order valence-corrected chi connectivity index (χ2v) is 10.1. The summed E-state index contributed by atoms with van der Waals surface area (Å²) in [5.74, 6) is -0.323. The summed E-state index contributed by atoms with van der Waals surface area (Å²) < 4.78 is 25.4. The summed E-state index contributed by atoms with van der Waals surface area (Å²) in [6, 6.07) is 1.09. The Morgan fingerprint density at radius 2 is 2.15 bits per heavy atom. The summed E-state index contributed by atoms with van der Waals surface area (Å²) in [6.07, 6.45) is -0.0621. The molecule has 1 aromatic rings. The van der Waals surface area contributed by atoms with E-state index >= 15 is 0 Å². The molecule has 0 spiro atoms. The van der Waals surface area contributed by atoms with Gasteiger partial charge in [0.25, 0.3) is 0 Å². The van der Waals surface area contributed by atoms with Crippen LogP contribution < -0.4 is 0 Å². The predicted molar refractivity (Wildman–Crippen MR) is 102 cm³/mol. The third-order valence-electron chi connectivity index (χ3n) is 3.90. The molecule has 0 aliphatic carbocycles. The van der Waals surface area contributed by atoms with E-state index in [2.05, 4.69) is 0 Å². The number of rotatable bonds is 4. The van der Waals surface area contributed by atoms with Gasteiger partial charge in [0.2, 0.25) is 0 Å². The van der Waals surface area contributed by atoms with Gasteiger partial charge in [-0.3, -0.25) is 9.69 Å². The average Bonchev–Trinajstić information content (AvgIpc) is 2.99. The van der Waals surface area contributed by atoms with Gasteiger partial charge in [-0.2, -0.15) is 0 Å². The topological polar surface area (TPSA) is 55.8 Å². The minimum atomic E-state index is -0.827. The first-order valence-electron chi connectivity index (χ1n) is 8.47. The van der Waals surface area contributed by atoms with E-state index in [1.165, 1.54) is 24.3 Å².